The summed E-state index contributed by atoms with van der Waals surface area (Å²) in [6.45, 7) is 3.60. The number of amides is 1. The normalized spacial score (nSPS) is 18.3. The second-order valence-electron chi connectivity index (χ2n) is 5.79. The van der Waals surface area contributed by atoms with Crippen molar-refractivity contribution in [2.45, 2.75) is 25.7 Å². The molecule has 1 unspecified atom stereocenters. The summed E-state index contributed by atoms with van der Waals surface area (Å²) in [6, 6.07) is 7.35. The molecule has 1 fully saturated rings. The van der Waals surface area contributed by atoms with Gasteiger partial charge >= 0.3 is 0 Å². The summed E-state index contributed by atoms with van der Waals surface area (Å²) in [4.78, 5) is 14.6. The van der Waals surface area contributed by atoms with E-state index >= 15 is 0 Å². The molecule has 2 heterocycles. The number of hydrogen-bond acceptors (Lipinski definition) is 3. The fraction of sp³-hybridized carbons (Fsp3) is 0.412. The molecule has 5 nitrogen and oxygen atoms in total. The second-order valence-corrected chi connectivity index (χ2v) is 5.79. The van der Waals surface area contributed by atoms with Crippen molar-refractivity contribution in [2.75, 3.05) is 20.2 Å². The molecular weight excluding hydrogens is 278 g/mol. The van der Waals surface area contributed by atoms with Gasteiger partial charge in [0.05, 0.1) is 13.3 Å². The van der Waals surface area contributed by atoms with E-state index in [-0.39, 0.29) is 5.91 Å². The van der Waals surface area contributed by atoms with E-state index < -0.39 is 0 Å². The molecule has 1 amide bonds. The monoisotopic (exact) mass is 299 g/mol. The van der Waals surface area contributed by atoms with Crippen LogP contribution in [0, 0.1) is 6.92 Å². The number of aromatic nitrogens is 2. The fourth-order valence-electron chi connectivity index (χ4n) is 3.11. The number of hydrogen-bond donors (Lipinski definition) is 1. The van der Waals surface area contributed by atoms with Crippen LogP contribution >= 0.6 is 0 Å². The number of nitrogens with one attached hydrogen (secondary N) is 1. The number of rotatable bonds is 3. The van der Waals surface area contributed by atoms with Crippen LogP contribution in [0.15, 0.2) is 30.5 Å². The Morgan fingerprint density at radius 1 is 1.45 bits per heavy atom. The zero-order valence-corrected chi connectivity index (χ0v) is 13.0. The van der Waals surface area contributed by atoms with Crippen molar-refractivity contribution >= 4 is 5.91 Å². The summed E-state index contributed by atoms with van der Waals surface area (Å²) in [5.74, 6) is 1.12. The molecule has 3 rings (SSSR count). The van der Waals surface area contributed by atoms with Crippen molar-refractivity contribution in [3.05, 3.63) is 47.3 Å². The highest BCUT2D eigenvalue weighted by atomic mass is 16.5. The van der Waals surface area contributed by atoms with Crippen LogP contribution in [0.5, 0.6) is 5.75 Å². The molecule has 2 aromatic rings. The number of carbonyl (C=O) groups is 1. The lowest BCUT2D eigenvalue weighted by Crippen LogP contribution is -2.39. The Morgan fingerprint density at radius 3 is 3.05 bits per heavy atom. The van der Waals surface area contributed by atoms with Crippen molar-refractivity contribution in [1.82, 2.24) is 15.1 Å². The van der Waals surface area contributed by atoms with Crippen molar-refractivity contribution in [3.63, 3.8) is 0 Å². The van der Waals surface area contributed by atoms with E-state index in [0.717, 1.165) is 31.6 Å². The topological polar surface area (TPSA) is 58.2 Å². The lowest BCUT2D eigenvalue weighted by Gasteiger charge is -2.32. The Hall–Kier alpha value is -2.30. The predicted octanol–water partition coefficient (Wildman–Crippen LogP) is 2.75. The van der Waals surface area contributed by atoms with Gasteiger partial charge in [0.1, 0.15) is 5.75 Å². The number of methoxy groups -OCH3 is 1. The van der Waals surface area contributed by atoms with Crippen LogP contribution < -0.4 is 4.74 Å². The van der Waals surface area contributed by atoms with Gasteiger partial charge in [-0.2, -0.15) is 5.10 Å². The summed E-state index contributed by atoms with van der Waals surface area (Å²) in [5, 5.41) is 7.19. The third kappa shape index (κ3) is 2.84. The van der Waals surface area contributed by atoms with Gasteiger partial charge in [0.25, 0.3) is 5.91 Å². The van der Waals surface area contributed by atoms with Gasteiger partial charge in [0.2, 0.25) is 0 Å². The van der Waals surface area contributed by atoms with Gasteiger partial charge in [-0.25, -0.2) is 0 Å². The smallest absolute Gasteiger partial charge is 0.254 e. The van der Waals surface area contributed by atoms with E-state index in [1.165, 1.54) is 5.56 Å². The molecule has 1 aromatic heterocycles. The molecule has 1 aliphatic rings. The number of aryl methyl sites for hydroxylation is 1. The number of aromatic amines is 1. The minimum absolute atomic E-state index is 0.0702. The molecule has 0 bridgehead atoms. The Labute approximate surface area is 130 Å². The summed E-state index contributed by atoms with van der Waals surface area (Å²) in [5.41, 5.74) is 3.00. The maximum Gasteiger partial charge on any atom is 0.254 e. The number of carbonyl (C=O) groups excluding carboxylic acids is 1. The molecular formula is C17H21N3O2. The number of ether oxygens (including phenoxy) is 1. The van der Waals surface area contributed by atoms with E-state index in [2.05, 4.69) is 17.1 Å². The maximum atomic E-state index is 12.7. The third-order valence-corrected chi connectivity index (χ3v) is 4.30. The Kier molecular flexibility index (Phi) is 4.13. The van der Waals surface area contributed by atoms with Gasteiger partial charge in [-0.05, 0) is 43.5 Å². The van der Waals surface area contributed by atoms with Crippen LogP contribution in [-0.2, 0) is 0 Å². The van der Waals surface area contributed by atoms with Gasteiger partial charge in [-0.3, -0.25) is 9.89 Å². The van der Waals surface area contributed by atoms with Crippen molar-refractivity contribution in [1.29, 1.82) is 0 Å². The van der Waals surface area contributed by atoms with Crippen molar-refractivity contribution in [3.8, 4) is 5.75 Å². The summed E-state index contributed by atoms with van der Waals surface area (Å²) in [6.07, 6.45) is 3.95. The van der Waals surface area contributed by atoms with Gasteiger partial charge in [0, 0.05) is 30.3 Å². The van der Waals surface area contributed by atoms with E-state index in [1.54, 1.807) is 13.2 Å². The molecule has 0 radical (unpaired) electrons. The summed E-state index contributed by atoms with van der Waals surface area (Å²) < 4.78 is 5.20. The van der Waals surface area contributed by atoms with Crippen LogP contribution in [0.3, 0.4) is 0 Å². The van der Waals surface area contributed by atoms with Crippen LogP contribution in [0.25, 0.3) is 0 Å². The van der Waals surface area contributed by atoms with E-state index in [4.69, 9.17) is 4.74 Å². The zero-order valence-electron chi connectivity index (χ0n) is 13.0. The zero-order chi connectivity index (χ0) is 15.5. The molecule has 1 N–H and O–H groups in total. The highest BCUT2D eigenvalue weighted by Gasteiger charge is 2.27. The lowest BCUT2D eigenvalue weighted by molar-refractivity contribution is 0.0705. The highest BCUT2D eigenvalue weighted by molar-refractivity contribution is 5.94. The maximum absolute atomic E-state index is 12.7. The molecule has 5 heteroatoms. The minimum Gasteiger partial charge on any atom is -0.497 e. The Morgan fingerprint density at radius 2 is 2.32 bits per heavy atom. The number of H-pyrrole nitrogens is 1. The first-order valence-corrected chi connectivity index (χ1v) is 7.62. The molecule has 1 saturated heterocycles. The third-order valence-electron chi connectivity index (χ3n) is 4.30. The quantitative estimate of drug-likeness (QED) is 0.948. The van der Waals surface area contributed by atoms with E-state index in [0.29, 0.717) is 17.2 Å². The highest BCUT2D eigenvalue weighted by Crippen LogP contribution is 2.28. The van der Waals surface area contributed by atoms with Crippen LogP contribution in [0.1, 0.15) is 40.4 Å². The predicted molar refractivity (Wildman–Crippen MR) is 84.2 cm³/mol. The first-order valence-electron chi connectivity index (χ1n) is 7.62. The number of likely N-dealkylation sites (tertiary alicyclic amines) is 1. The standard InChI is InChI=1S/C17H21N3O2/c1-12-10-18-19-16(12)14-6-4-8-20(11-14)17(21)13-5-3-7-15(9-13)22-2/h3,5,7,9-10,14H,4,6,8,11H2,1-2H3,(H,18,19). The molecule has 0 spiro atoms. The number of benzene rings is 1. The molecule has 1 aromatic carbocycles. The van der Waals surface area contributed by atoms with Gasteiger partial charge in [-0.1, -0.05) is 6.07 Å². The number of nitrogens with zero attached hydrogens (tertiary/aromatic N) is 2. The second kappa shape index (κ2) is 6.22. The van der Waals surface area contributed by atoms with E-state index in [1.807, 2.05) is 29.3 Å². The Bertz CT molecular complexity index is 665. The fourth-order valence-corrected chi connectivity index (χ4v) is 3.11. The van der Waals surface area contributed by atoms with Crippen molar-refractivity contribution < 1.29 is 9.53 Å². The Balaban J connectivity index is 1.76. The molecule has 116 valence electrons. The SMILES string of the molecule is COc1cccc(C(=O)N2CCCC(c3[nH]ncc3C)C2)c1. The van der Waals surface area contributed by atoms with Crippen LogP contribution in [-0.4, -0.2) is 41.2 Å². The molecule has 1 aliphatic heterocycles. The first kappa shape index (κ1) is 14.6. The molecule has 1 atom stereocenters. The average Bonchev–Trinajstić information content (AvgIpc) is 3.00. The summed E-state index contributed by atoms with van der Waals surface area (Å²) >= 11 is 0. The number of piperidine rings is 1. The van der Waals surface area contributed by atoms with E-state index in [9.17, 15) is 4.79 Å². The van der Waals surface area contributed by atoms with Gasteiger partial charge in [0.15, 0.2) is 0 Å². The molecule has 22 heavy (non-hydrogen) atoms. The molecule has 0 saturated carbocycles. The largest absolute Gasteiger partial charge is 0.497 e. The summed E-state index contributed by atoms with van der Waals surface area (Å²) in [7, 11) is 1.61. The van der Waals surface area contributed by atoms with Gasteiger partial charge in [-0.15, -0.1) is 0 Å². The minimum atomic E-state index is 0.0702. The van der Waals surface area contributed by atoms with Gasteiger partial charge < -0.3 is 9.64 Å². The van der Waals surface area contributed by atoms with Crippen molar-refractivity contribution in [2.24, 2.45) is 0 Å². The average molecular weight is 299 g/mol. The lowest BCUT2D eigenvalue weighted by atomic mass is 9.92. The van der Waals surface area contributed by atoms with Crippen LogP contribution in [0.2, 0.25) is 0 Å². The van der Waals surface area contributed by atoms with Crippen LogP contribution in [0.4, 0.5) is 0 Å². The first-order chi connectivity index (χ1) is 10.7. The molecule has 0 aliphatic carbocycles.